The first-order valence-electron chi connectivity index (χ1n) is 9.86. The number of alkyl halides is 3. The fourth-order valence-electron chi connectivity index (χ4n) is 3.81. The van der Waals surface area contributed by atoms with Crippen LogP contribution in [-0.2, 0) is 12.7 Å². The van der Waals surface area contributed by atoms with Crippen LogP contribution in [0.3, 0.4) is 0 Å². The molecule has 0 spiro atoms. The Labute approximate surface area is 186 Å². The van der Waals surface area contributed by atoms with Crippen molar-refractivity contribution in [3.8, 4) is 17.3 Å². The molecule has 0 radical (unpaired) electrons. The Morgan fingerprint density at radius 3 is 2.58 bits per heavy atom. The van der Waals surface area contributed by atoms with Gasteiger partial charge in [-0.1, -0.05) is 12.1 Å². The normalized spacial score (nSPS) is 15.7. The Balaban J connectivity index is 1.62. The predicted molar refractivity (Wildman–Crippen MR) is 110 cm³/mol. The number of rotatable bonds is 4. The minimum atomic E-state index is -4.74. The van der Waals surface area contributed by atoms with E-state index in [1.54, 1.807) is 19.9 Å². The molecule has 170 valence electrons. The van der Waals surface area contributed by atoms with Crippen LogP contribution >= 0.6 is 0 Å². The number of hydrogen-bond acceptors (Lipinski definition) is 4. The van der Waals surface area contributed by atoms with Crippen molar-refractivity contribution in [1.82, 2.24) is 20.3 Å². The quantitative estimate of drug-likeness (QED) is 0.573. The van der Waals surface area contributed by atoms with Crippen LogP contribution in [0, 0.1) is 17.1 Å². The molecule has 3 aromatic rings. The van der Waals surface area contributed by atoms with Crippen LogP contribution in [0.1, 0.15) is 30.5 Å². The highest BCUT2D eigenvalue weighted by molar-refractivity contribution is 5.95. The van der Waals surface area contributed by atoms with Gasteiger partial charge in [-0.15, -0.1) is 0 Å². The number of aromatic amines is 1. The third-order valence-corrected chi connectivity index (χ3v) is 5.57. The minimum absolute atomic E-state index is 0.0174. The van der Waals surface area contributed by atoms with Gasteiger partial charge in [0.2, 0.25) is 0 Å². The molecule has 11 heteroatoms. The maximum Gasteiger partial charge on any atom is 0.417 e. The molecule has 1 aliphatic rings. The number of halogens is 4. The van der Waals surface area contributed by atoms with Crippen molar-refractivity contribution in [2.45, 2.75) is 32.1 Å². The van der Waals surface area contributed by atoms with Crippen molar-refractivity contribution in [2.75, 3.05) is 11.4 Å². The van der Waals surface area contributed by atoms with E-state index in [0.717, 1.165) is 12.1 Å². The lowest BCUT2D eigenvalue weighted by Gasteiger charge is -2.29. The number of nitrogens with one attached hydrogen (secondary N) is 1. The summed E-state index contributed by atoms with van der Waals surface area (Å²) >= 11 is 0. The van der Waals surface area contributed by atoms with Crippen LogP contribution in [0.15, 0.2) is 42.6 Å². The standard InChI is InChI=1S/C22H18F4N6O/c1-21(2)12-31(16-6-5-14(9-27)17(8-16)22(24,25)26)20(33)32(21)11-15-4-3-13(7-18(15)23)19-10-28-30-29-19/h3-8,10H,11-12H2,1-2H3,(H,28,29,30). The summed E-state index contributed by atoms with van der Waals surface area (Å²) in [5.74, 6) is -0.546. The number of amides is 2. The Morgan fingerprint density at radius 1 is 1.21 bits per heavy atom. The maximum absolute atomic E-state index is 14.8. The largest absolute Gasteiger partial charge is 0.417 e. The third kappa shape index (κ3) is 4.11. The number of hydrogen-bond donors (Lipinski definition) is 1. The monoisotopic (exact) mass is 458 g/mol. The van der Waals surface area contributed by atoms with Crippen molar-refractivity contribution < 1.29 is 22.4 Å². The number of carbonyl (C=O) groups excluding carboxylic acids is 1. The number of nitriles is 1. The molecule has 0 saturated carbocycles. The molecule has 4 rings (SSSR count). The van der Waals surface area contributed by atoms with E-state index in [-0.39, 0.29) is 24.3 Å². The molecule has 0 aliphatic carbocycles. The topological polar surface area (TPSA) is 88.9 Å². The van der Waals surface area contributed by atoms with Crippen LogP contribution < -0.4 is 4.90 Å². The molecule has 1 N–H and O–H groups in total. The van der Waals surface area contributed by atoms with Crippen LogP contribution in [0.4, 0.5) is 28.0 Å². The molecular weight excluding hydrogens is 440 g/mol. The molecule has 7 nitrogen and oxygen atoms in total. The van der Waals surface area contributed by atoms with Crippen LogP contribution in [-0.4, -0.2) is 38.4 Å². The zero-order valence-electron chi connectivity index (χ0n) is 17.6. The van der Waals surface area contributed by atoms with Crippen molar-refractivity contribution in [2.24, 2.45) is 0 Å². The predicted octanol–water partition coefficient (Wildman–Crippen LogP) is 4.72. The van der Waals surface area contributed by atoms with Gasteiger partial charge in [0.1, 0.15) is 11.5 Å². The minimum Gasteiger partial charge on any atom is -0.313 e. The van der Waals surface area contributed by atoms with Crippen molar-refractivity contribution in [3.63, 3.8) is 0 Å². The van der Waals surface area contributed by atoms with Crippen molar-refractivity contribution >= 4 is 11.7 Å². The molecule has 0 bridgehead atoms. The lowest BCUT2D eigenvalue weighted by Crippen LogP contribution is -2.41. The summed E-state index contributed by atoms with van der Waals surface area (Å²) in [4.78, 5) is 15.8. The SMILES string of the molecule is CC1(C)CN(c2ccc(C#N)c(C(F)(F)F)c2)C(=O)N1Cc1ccc(-c2cn[nH]n2)cc1F. The maximum atomic E-state index is 14.8. The first-order chi connectivity index (χ1) is 15.5. The molecule has 1 aliphatic heterocycles. The second kappa shape index (κ2) is 7.88. The Hall–Kier alpha value is -3.94. The zero-order valence-corrected chi connectivity index (χ0v) is 17.6. The lowest BCUT2D eigenvalue weighted by molar-refractivity contribution is -0.137. The highest BCUT2D eigenvalue weighted by Crippen LogP contribution is 2.37. The summed E-state index contributed by atoms with van der Waals surface area (Å²) < 4.78 is 54.9. The summed E-state index contributed by atoms with van der Waals surface area (Å²) in [6.45, 7) is 3.52. The van der Waals surface area contributed by atoms with E-state index in [4.69, 9.17) is 5.26 Å². The van der Waals surface area contributed by atoms with E-state index in [1.165, 1.54) is 40.3 Å². The second-order valence-electron chi connectivity index (χ2n) is 8.27. The average Bonchev–Trinajstić information content (AvgIpc) is 3.36. The summed E-state index contributed by atoms with van der Waals surface area (Å²) in [5.41, 5.74) is -1.18. The van der Waals surface area contributed by atoms with Crippen LogP contribution in [0.2, 0.25) is 0 Å². The first-order valence-corrected chi connectivity index (χ1v) is 9.86. The van der Waals surface area contributed by atoms with Gasteiger partial charge in [0.25, 0.3) is 0 Å². The van der Waals surface area contributed by atoms with Gasteiger partial charge in [0, 0.05) is 16.8 Å². The van der Waals surface area contributed by atoms with E-state index in [0.29, 0.717) is 11.3 Å². The van der Waals surface area contributed by atoms with E-state index in [9.17, 15) is 22.4 Å². The van der Waals surface area contributed by atoms with E-state index < -0.39 is 34.7 Å². The van der Waals surface area contributed by atoms with Crippen molar-refractivity contribution in [1.29, 1.82) is 5.26 Å². The Morgan fingerprint density at radius 2 is 1.97 bits per heavy atom. The first kappa shape index (κ1) is 22.3. The number of aromatic nitrogens is 3. The van der Waals surface area contributed by atoms with Crippen LogP contribution in [0.25, 0.3) is 11.3 Å². The van der Waals surface area contributed by atoms with Gasteiger partial charge < -0.3 is 4.90 Å². The molecule has 1 saturated heterocycles. The van der Waals surface area contributed by atoms with Gasteiger partial charge in [0.05, 0.1) is 42.0 Å². The summed E-state index contributed by atoms with van der Waals surface area (Å²) in [7, 11) is 0. The average molecular weight is 458 g/mol. The Kier molecular flexibility index (Phi) is 5.32. The summed E-state index contributed by atoms with van der Waals surface area (Å²) in [5, 5.41) is 19.0. The van der Waals surface area contributed by atoms with E-state index in [2.05, 4.69) is 15.4 Å². The zero-order chi connectivity index (χ0) is 24.0. The number of H-pyrrole nitrogens is 1. The summed E-state index contributed by atoms with van der Waals surface area (Å²) in [6, 6.07) is 8.58. The van der Waals surface area contributed by atoms with E-state index >= 15 is 0 Å². The molecule has 2 amide bonds. The number of carbonyl (C=O) groups is 1. The van der Waals surface area contributed by atoms with Crippen molar-refractivity contribution in [3.05, 3.63) is 65.1 Å². The van der Waals surface area contributed by atoms with Gasteiger partial charge in [-0.25, -0.2) is 9.18 Å². The lowest BCUT2D eigenvalue weighted by atomic mass is 10.0. The van der Waals surface area contributed by atoms with Gasteiger partial charge in [-0.05, 0) is 38.1 Å². The molecular formula is C22H18F4N6O. The van der Waals surface area contributed by atoms with Crippen LogP contribution in [0.5, 0.6) is 0 Å². The van der Waals surface area contributed by atoms with Gasteiger partial charge in [-0.2, -0.15) is 33.8 Å². The fourth-order valence-corrected chi connectivity index (χ4v) is 3.81. The number of benzene rings is 2. The van der Waals surface area contributed by atoms with Gasteiger partial charge >= 0.3 is 12.2 Å². The number of anilines is 1. The smallest absolute Gasteiger partial charge is 0.313 e. The number of nitrogens with zero attached hydrogens (tertiary/aromatic N) is 5. The fraction of sp³-hybridized carbons (Fsp3) is 0.273. The van der Waals surface area contributed by atoms with Gasteiger partial charge in [-0.3, -0.25) is 4.90 Å². The molecule has 0 atom stereocenters. The molecule has 33 heavy (non-hydrogen) atoms. The molecule has 1 aromatic heterocycles. The van der Waals surface area contributed by atoms with Gasteiger partial charge in [0.15, 0.2) is 0 Å². The highest BCUT2D eigenvalue weighted by atomic mass is 19.4. The molecule has 2 aromatic carbocycles. The molecule has 1 fully saturated rings. The Bertz CT molecular complexity index is 1250. The number of urea groups is 1. The molecule has 0 unspecified atom stereocenters. The van der Waals surface area contributed by atoms with E-state index in [1.807, 2.05) is 0 Å². The molecule has 2 heterocycles. The summed E-state index contributed by atoms with van der Waals surface area (Å²) in [6.07, 6.45) is -3.29. The highest BCUT2D eigenvalue weighted by Gasteiger charge is 2.44. The third-order valence-electron chi connectivity index (χ3n) is 5.57. The second-order valence-corrected chi connectivity index (χ2v) is 8.27.